The Morgan fingerprint density at radius 3 is 2.59 bits per heavy atom. The molecule has 0 bridgehead atoms. The van der Waals surface area contributed by atoms with Crippen LogP contribution in [0.25, 0.3) is 5.65 Å². The number of carbonyl (C=O) groups excluding carboxylic acids is 2. The first-order valence-electron chi connectivity index (χ1n) is 12.7. The molecule has 0 radical (unpaired) electrons. The highest BCUT2D eigenvalue weighted by molar-refractivity contribution is 6.04. The minimum atomic E-state index is -0.680. The van der Waals surface area contributed by atoms with Crippen LogP contribution in [-0.2, 0) is 4.79 Å². The van der Waals surface area contributed by atoms with Crippen LogP contribution in [0.3, 0.4) is 0 Å². The Bertz CT molecular complexity index is 1460. The number of likely N-dealkylation sites (tertiary alicyclic amines) is 1. The molecule has 39 heavy (non-hydrogen) atoms. The normalized spacial score (nSPS) is 17.1. The van der Waals surface area contributed by atoms with E-state index >= 15 is 0 Å². The lowest BCUT2D eigenvalue weighted by Gasteiger charge is -2.18. The number of hydrogen-bond donors (Lipinski definition) is 3. The van der Waals surface area contributed by atoms with Gasteiger partial charge in [0.1, 0.15) is 28.7 Å². The Morgan fingerprint density at radius 2 is 1.95 bits per heavy atom. The van der Waals surface area contributed by atoms with Crippen LogP contribution in [0.1, 0.15) is 29.6 Å². The van der Waals surface area contributed by atoms with E-state index in [1.807, 2.05) is 0 Å². The zero-order valence-corrected chi connectivity index (χ0v) is 21.8. The van der Waals surface area contributed by atoms with E-state index in [4.69, 9.17) is 15.2 Å². The summed E-state index contributed by atoms with van der Waals surface area (Å²) in [4.78, 5) is 36.1. The molecule has 1 atom stereocenters. The van der Waals surface area contributed by atoms with E-state index in [2.05, 4.69) is 26.7 Å². The van der Waals surface area contributed by atoms with Gasteiger partial charge in [0.15, 0.2) is 11.5 Å². The summed E-state index contributed by atoms with van der Waals surface area (Å²) < 4.78 is 12.4. The zero-order chi connectivity index (χ0) is 27.5. The van der Waals surface area contributed by atoms with E-state index in [1.165, 1.54) is 0 Å². The molecule has 2 aromatic heterocycles. The van der Waals surface area contributed by atoms with Gasteiger partial charge >= 0.3 is 0 Å². The Kier molecular flexibility index (Phi) is 7.23. The van der Waals surface area contributed by atoms with E-state index in [0.717, 1.165) is 19.3 Å². The maximum atomic E-state index is 12.8. The van der Waals surface area contributed by atoms with Gasteiger partial charge in [0.2, 0.25) is 5.95 Å². The first kappa shape index (κ1) is 25.8. The van der Waals surface area contributed by atoms with Crippen molar-refractivity contribution in [3.63, 3.8) is 0 Å². The van der Waals surface area contributed by atoms with E-state index < -0.39 is 5.91 Å². The molecule has 2 fully saturated rings. The van der Waals surface area contributed by atoms with Gasteiger partial charge in [-0.2, -0.15) is 10.2 Å². The molecule has 12 nitrogen and oxygen atoms in total. The number of fused-ring (bicyclic) bond motifs is 1. The van der Waals surface area contributed by atoms with Gasteiger partial charge in [0, 0.05) is 55.9 Å². The smallest absolute Gasteiger partial charge is 0.264 e. The third-order valence-corrected chi connectivity index (χ3v) is 6.90. The number of benzene rings is 1. The number of primary amides is 1. The number of imidazole rings is 1. The van der Waals surface area contributed by atoms with Crippen molar-refractivity contribution >= 4 is 34.9 Å². The van der Waals surface area contributed by atoms with Gasteiger partial charge in [0.25, 0.3) is 11.8 Å². The zero-order valence-electron chi connectivity index (χ0n) is 21.8. The monoisotopic (exact) mass is 530 g/mol. The summed E-state index contributed by atoms with van der Waals surface area (Å²) in [5.41, 5.74) is 7.04. The van der Waals surface area contributed by atoms with Crippen molar-refractivity contribution in [1.82, 2.24) is 19.3 Å². The molecule has 3 heterocycles. The standard InChI is InChI=1S/C27H30N8O4/c1-38-20-10-19(11-21(12-20)39-2)32-24-22(23(29)36)25-30-6-8-35(25)27(33-24)31-14-17-5-7-34(15-17)26(37)18(13-28)9-16-3-4-16/h6,8-12,16-17,32H,3-5,7,14-15H2,1-2H3,(H2,29,36)(H,31,33)/b18-9+. The van der Waals surface area contributed by atoms with Crippen LogP contribution >= 0.6 is 0 Å². The summed E-state index contributed by atoms with van der Waals surface area (Å²) in [6.45, 7) is 1.66. The lowest BCUT2D eigenvalue weighted by Crippen LogP contribution is -2.31. The molecule has 4 N–H and O–H groups in total. The number of anilines is 3. The first-order valence-corrected chi connectivity index (χ1v) is 12.7. The van der Waals surface area contributed by atoms with Gasteiger partial charge in [-0.3, -0.25) is 14.0 Å². The number of nitrogens with zero attached hydrogens (tertiary/aromatic N) is 5. The number of rotatable bonds is 10. The minimum Gasteiger partial charge on any atom is -0.497 e. The van der Waals surface area contributed by atoms with Crippen LogP contribution in [0, 0.1) is 23.2 Å². The molecular weight excluding hydrogens is 500 g/mol. The van der Waals surface area contributed by atoms with Crippen LogP contribution in [0.4, 0.5) is 17.5 Å². The van der Waals surface area contributed by atoms with Crippen molar-refractivity contribution in [2.45, 2.75) is 19.3 Å². The van der Waals surface area contributed by atoms with Crippen LogP contribution in [0.15, 0.2) is 42.2 Å². The number of nitrogens with one attached hydrogen (secondary N) is 2. The Labute approximate surface area is 225 Å². The topological polar surface area (TPSA) is 160 Å². The second-order valence-electron chi connectivity index (χ2n) is 9.69. The lowest BCUT2D eigenvalue weighted by molar-refractivity contribution is -0.125. The Morgan fingerprint density at radius 1 is 1.21 bits per heavy atom. The van der Waals surface area contributed by atoms with Crippen molar-refractivity contribution < 1.29 is 19.1 Å². The summed E-state index contributed by atoms with van der Waals surface area (Å²) in [5, 5.41) is 15.9. The molecule has 2 aliphatic rings. The fourth-order valence-electron chi connectivity index (χ4n) is 4.68. The summed E-state index contributed by atoms with van der Waals surface area (Å²) >= 11 is 0. The van der Waals surface area contributed by atoms with Gasteiger partial charge in [-0.1, -0.05) is 6.08 Å². The molecule has 1 aliphatic heterocycles. The fourth-order valence-corrected chi connectivity index (χ4v) is 4.68. The van der Waals surface area contributed by atoms with Gasteiger partial charge in [-0.15, -0.1) is 0 Å². The molecule has 1 saturated heterocycles. The number of ether oxygens (including phenoxy) is 2. The second-order valence-corrected chi connectivity index (χ2v) is 9.69. The van der Waals surface area contributed by atoms with Crippen molar-refractivity contribution in [1.29, 1.82) is 5.26 Å². The fraction of sp³-hybridized carbons (Fsp3) is 0.370. The summed E-state index contributed by atoms with van der Waals surface area (Å²) in [5.74, 6) is 1.44. The number of hydrogen-bond acceptors (Lipinski definition) is 9. The Hall–Kier alpha value is -4.79. The van der Waals surface area contributed by atoms with Crippen molar-refractivity contribution in [2.24, 2.45) is 17.6 Å². The molecule has 3 aromatic rings. The maximum absolute atomic E-state index is 12.8. The largest absolute Gasteiger partial charge is 0.497 e. The molecule has 1 aliphatic carbocycles. The number of aromatic nitrogens is 3. The van der Waals surface area contributed by atoms with Crippen molar-refractivity contribution in [2.75, 3.05) is 44.5 Å². The van der Waals surface area contributed by atoms with E-state index in [9.17, 15) is 14.9 Å². The number of allylic oxidation sites excluding steroid dienone is 1. The highest BCUT2D eigenvalue weighted by Gasteiger charge is 2.30. The third kappa shape index (κ3) is 5.57. The molecule has 1 unspecified atom stereocenters. The van der Waals surface area contributed by atoms with Crippen molar-refractivity contribution in [3.8, 4) is 17.6 Å². The van der Waals surface area contributed by atoms with Crippen LogP contribution < -0.4 is 25.8 Å². The number of methoxy groups -OCH3 is 2. The molecule has 1 saturated carbocycles. The second kappa shape index (κ2) is 10.9. The van der Waals surface area contributed by atoms with E-state index in [1.54, 1.807) is 60.2 Å². The third-order valence-electron chi connectivity index (χ3n) is 6.90. The average molecular weight is 531 g/mol. The van der Waals surface area contributed by atoms with Crippen molar-refractivity contribution in [3.05, 3.63) is 47.8 Å². The minimum absolute atomic E-state index is 0.136. The Balaban J connectivity index is 1.36. The van der Waals surface area contributed by atoms with Gasteiger partial charge in [0.05, 0.1) is 14.2 Å². The molecular formula is C27H30N8O4. The van der Waals surface area contributed by atoms with E-state index in [-0.39, 0.29) is 28.8 Å². The van der Waals surface area contributed by atoms with E-state index in [0.29, 0.717) is 54.3 Å². The molecule has 12 heteroatoms. The molecule has 0 spiro atoms. The number of nitriles is 1. The highest BCUT2D eigenvalue weighted by Crippen LogP contribution is 2.32. The quantitative estimate of drug-likeness (QED) is 0.264. The van der Waals surface area contributed by atoms with Crippen LogP contribution in [0.2, 0.25) is 0 Å². The van der Waals surface area contributed by atoms with Gasteiger partial charge in [-0.25, -0.2) is 4.98 Å². The highest BCUT2D eigenvalue weighted by atomic mass is 16.5. The predicted octanol–water partition coefficient (Wildman–Crippen LogP) is 2.71. The average Bonchev–Trinajstić information content (AvgIpc) is 3.40. The number of amides is 2. The molecule has 2 amide bonds. The maximum Gasteiger partial charge on any atom is 0.264 e. The van der Waals surface area contributed by atoms with Gasteiger partial charge in [-0.05, 0) is 31.1 Å². The summed E-state index contributed by atoms with van der Waals surface area (Å²) in [7, 11) is 3.10. The van der Waals surface area contributed by atoms with Crippen LogP contribution in [0.5, 0.6) is 11.5 Å². The summed E-state index contributed by atoms with van der Waals surface area (Å²) in [6.07, 6.45) is 7.94. The molecule has 1 aromatic carbocycles. The van der Waals surface area contributed by atoms with Gasteiger partial charge < -0.3 is 30.7 Å². The number of nitrogens with two attached hydrogens (primary N) is 1. The van der Waals surface area contributed by atoms with Crippen LogP contribution in [-0.4, -0.2) is 64.9 Å². The number of carbonyl (C=O) groups is 2. The summed E-state index contributed by atoms with van der Waals surface area (Å²) in [6, 6.07) is 7.29. The lowest BCUT2D eigenvalue weighted by atomic mass is 10.1. The molecule has 202 valence electrons. The first-order chi connectivity index (χ1) is 18.9. The predicted molar refractivity (Wildman–Crippen MR) is 144 cm³/mol. The SMILES string of the molecule is COc1cc(Nc2nc(NCC3CCN(C(=O)/C(C#N)=C/C4CC4)C3)n3ccnc3c2C(N)=O)cc(OC)c1. The molecule has 5 rings (SSSR count).